The van der Waals surface area contributed by atoms with Crippen molar-refractivity contribution in [3.8, 4) is 0 Å². The molecule has 8 N–H and O–H groups in total. The van der Waals surface area contributed by atoms with E-state index in [9.17, 15) is 42.7 Å². The molecule has 0 bridgehead atoms. The maximum absolute atomic E-state index is 14.6. The molecule has 0 radical (unpaired) electrons. The lowest BCUT2D eigenvalue weighted by atomic mass is 10.1. The molecular formula is C69H114N14O21P2. The molecule has 1 amide bonds. The van der Waals surface area contributed by atoms with Gasteiger partial charge in [-0.2, -0.15) is 0 Å². The van der Waals surface area contributed by atoms with Crippen molar-refractivity contribution in [3.63, 3.8) is 0 Å². The van der Waals surface area contributed by atoms with Gasteiger partial charge in [0.2, 0.25) is 14.9 Å². The van der Waals surface area contributed by atoms with Crippen LogP contribution in [-0.4, -0.2) is 148 Å². The standard InChI is InChI=1S/C35H56N7O11P.C29H52N7O6P.C5H6O4/c1-9-11-13-15-17-48-30(43)34(5,6)40-54(47,41-35(7,8)31(44)49-18-16-14-12-10-2)23-51-24(3)19-42-22-38-27-28(36-21-37-29(27)42)39-32(45)50-20-26-25(4)52-33(46)53-26;1-8-10-12-14-16-40-26(37)28(4,5)34-43(39,35-29(6,7)27(38)41-17-15-13-11-9-2)21-42-22(3)18-36-20-33-23-24(30)31-19-32-25(23)36;1-3-4(2-6)9-5(7)8-3/h21-22,24H,9-20,23H2,1-8H3,(H2,40,41,47)(H,36,37,39,45);19-20,22H,8-18,21H2,1-7H3,(H2,30,31,32)(H2,34,35,39);6H,2H2,1H3/t24-;22-;/m11./s1. The number of rotatable bonds is 46. The van der Waals surface area contributed by atoms with Gasteiger partial charge in [-0.3, -0.25) is 33.6 Å². The molecule has 6 rings (SSSR count). The van der Waals surface area contributed by atoms with Gasteiger partial charge < -0.3 is 70.8 Å². The van der Waals surface area contributed by atoms with Gasteiger partial charge in [-0.1, -0.05) is 105 Å². The summed E-state index contributed by atoms with van der Waals surface area (Å²) < 4.78 is 90.2. The number of unbranched alkanes of at least 4 members (excludes halogenated alkanes) is 12. The number of nitrogens with one attached hydrogen (secondary N) is 5. The number of hydrogen-bond donors (Lipinski definition) is 7. The van der Waals surface area contributed by atoms with Gasteiger partial charge in [-0.15, -0.1) is 0 Å². The Labute approximate surface area is 618 Å². The summed E-state index contributed by atoms with van der Waals surface area (Å²) in [5, 5.41) is 22.7. The van der Waals surface area contributed by atoms with Crippen molar-refractivity contribution in [2.24, 2.45) is 0 Å². The van der Waals surface area contributed by atoms with Gasteiger partial charge in [-0.05, 0) is 109 Å². The Morgan fingerprint density at radius 3 is 1.19 bits per heavy atom. The fourth-order valence-corrected chi connectivity index (χ4v) is 15.5. The van der Waals surface area contributed by atoms with E-state index in [2.05, 4.69) is 92.1 Å². The highest BCUT2D eigenvalue weighted by Crippen LogP contribution is 2.44. The zero-order chi connectivity index (χ0) is 78.9. The molecule has 6 heterocycles. The van der Waals surface area contributed by atoms with Crippen molar-refractivity contribution in [3.05, 3.63) is 69.6 Å². The highest BCUT2D eigenvalue weighted by molar-refractivity contribution is 7.60. The molecule has 0 saturated heterocycles. The second kappa shape index (κ2) is 43.9. The molecule has 37 heteroatoms. The molecule has 0 unspecified atom stereocenters. The van der Waals surface area contributed by atoms with Crippen LogP contribution in [0.25, 0.3) is 22.3 Å². The molecule has 0 saturated carbocycles. The van der Waals surface area contributed by atoms with E-state index in [0.29, 0.717) is 42.0 Å². The molecule has 0 fully saturated rings. The van der Waals surface area contributed by atoms with Crippen molar-refractivity contribution < 1.29 is 89.0 Å². The van der Waals surface area contributed by atoms with Gasteiger partial charge in [-0.25, -0.2) is 64.6 Å². The zero-order valence-electron chi connectivity index (χ0n) is 64.5. The minimum absolute atomic E-state index is 0.0683. The van der Waals surface area contributed by atoms with Crippen molar-refractivity contribution in [1.29, 1.82) is 0 Å². The van der Waals surface area contributed by atoms with Gasteiger partial charge in [0.1, 0.15) is 65.4 Å². The van der Waals surface area contributed by atoms with Crippen molar-refractivity contribution in [2.75, 3.05) is 50.2 Å². The van der Waals surface area contributed by atoms with Gasteiger partial charge in [0, 0.05) is 0 Å². The number of fused-ring (bicyclic) bond motifs is 2. The maximum Gasteiger partial charge on any atom is 0.519 e. The van der Waals surface area contributed by atoms with Crippen LogP contribution in [-0.2, 0) is 87.8 Å². The van der Waals surface area contributed by atoms with Crippen LogP contribution in [0.3, 0.4) is 0 Å². The number of aliphatic hydroxyl groups is 1. The largest absolute Gasteiger partial charge is 0.519 e. The van der Waals surface area contributed by atoms with Crippen LogP contribution in [0.5, 0.6) is 0 Å². The molecule has 106 heavy (non-hydrogen) atoms. The van der Waals surface area contributed by atoms with Crippen LogP contribution in [0.1, 0.15) is 223 Å². The van der Waals surface area contributed by atoms with Gasteiger partial charge in [0.25, 0.3) is 0 Å². The van der Waals surface area contributed by atoms with Crippen LogP contribution < -0.4 is 43.0 Å². The first-order chi connectivity index (χ1) is 50.0. The number of esters is 4. The molecule has 0 aliphatic heterocycles. The summed E-state index contributed by atoms with van der Waals surface area (Å²) in [7, 11) is -7.65. The number of amides is 1. The molecule has 2 atom stereocenters. The lowest BCUT2D eigenvalue weighted by molar-refractivity contribution is -0.150. The summed E-state index contributed by atoms with van der Waals surface area (Å²) in [4.78, 5) is 111. The number of ether oxygens (including phenoxy) is 7. The van der Waals surface area contributed by atoms with E-state index in [-0.39, 0.29) is 87.0 Å². The number of carbonyl (C=O) groups excluding carboxylic acids is 5. The Kier molecular flexibility index (Phi) is 37.5. The van der Waals surface area contributed by atoms with E-state index < -0.39 is 97.2 Å². The molecule has 0 aliphatic carbocycles. The third-order valence-corrected chi connectivity index (χ3v) is 20.7. The van der Waals surface area contributed by atoms with Crippen LogP contribution in [0.2, 0.25) is 0 Å². The van der Waals surface area contributed by atoms with E-state index in [1.807, 2.05) is 6.92 Å². The first-order valence-electron chi connectivity index (χ1n) is 36.1. The summed E-state index contributed by atoms with van der Waals surface area (Å²) >= 11 is 0. The lowest BCUT2D eigenvalue weighted by Crippen LogP contribution is -2.54. The number of imidazole rings is 2. The van der Waals surface area contributed by atoms with E-state index in [1.54, 1.807) is 84.7 Å². The summed E-state index contributed by atoms with van der Waals surface area (Å²) in [5.74, 6) is -2.81. The molecule has 0 spiro atoms. The summed E-state index contributed by atoms with van der Waals surface area (Å²) in [6.07, 6.45) is 18.1. The van der Waals surface area contributed by atoms with Gasteiger partial charge in [0.05, 0.1) is 64.4 Å². The summed E-state index contributed by atoms with van der Waals surface area (Å²) in [6.45, 7) is 28.5. The highest BCUT2D eigenvalue weighted by atomic mass is 31.2. The lowest BCUT2D eigenvalue weighted by Gasteiger charge is -2.35. The number of nitrogen functional groups attached to an aromatic ring is 1. The second-order valence-electron chi connectivity index (χ2n) is 27.8. The number of aliphatic hydroxyl groups excluding tert-OH is 1. The molecule has 6 aromatic rings. The Balaban J connectivity index is 0.000000407. The summed E-state index contributed by atoms with van der Waals surface area (Å²) in [5.41, 5.74) is 2.05. The topological polar surface area (TPSA) is 464 Å². The van der Waals surface area contributed by atoms with Crippen LogP contribution >= 0.6 is 14.9 Å². The molecule has 596 valence electrons. The quantitative estimate of drug-likeness (QED) is 0.00808. The van der Waals surface area contributed by atoms with E-state index in [0.717, 1.165) is 89.9 Å². The average Bonchev–Trinajstić information content (AvgIpc) is 1.43. The first kappa shape index (κ1) is 90.6. The first-order valence-corrected chi connectivity index (χ1v) is 39.8. The molecule has 6 aromatic heterocycles. The molecule has 0 aliphatic rings. The zero-order valence-corrected chi connectivity index (χ0v) is 66.3. The van der Waals surface area contributed by atoms with E-state index >= 15 is 0 Å². The minimum atomic E-state index is -3.88. The van der Waals surface area contributed by atoms with Gasteiger partial charge in [0.15, 0.2) is 52.3 Å². The van der Waals surface area contributed by atoms with Gasteiger partial charge >= 0.3 is 41.6 Å². The van der Waals surface area contributed by atoms with Crippen molar-refractivity contribution in [1.82, 2.24) is 59.4 Å². The van der Waals surface area contributed by atoms with E-state index in [4.69, 9.17) is 52.8 Å². The van der Waals surface area contributed by atoms with Crippen LogP contribution in [0.15, 0.2) is 52.6 Å². The number of nitrogens with two attached hydrogens (primary N) is 1. The number of carbonyl (C=O) groups is 5. The van der Waals surface area contributed by atoms with E-state index in [1.165, 1.54) is 25.9 Å². The molecular weight excluding hydrogens is 1420 g/mol. The Bertz CT molecular complexity index is 3850. The monoisotopic (exact) mass is 1540 g/mol. The predicted molar refractivity (Wildman–Crippen MR) is 394 cm³/mol. The smallest absolute Gasteiger partial charge is 0.464 e. The number of aryl methyl sites for hydroxylation is 2. The van der Waals surface area contributed by atoms with Crippen LogP contribution in [0, 0.1) is 13.8 Å². The second-order valence-corrected chi connectivity index (χ2v) is 32.1. The fourth-order valence-electron chi connectivity index (χ4n) is 10.2. The SMILES string of the molecule is CCCCCCOC(=O)C(C)(C)NP(=O)(CO[C@H](C)Cn1cnc2c(N)ncnc21)NC(C)(C)C(=O)OCCCCCC.CCCCCCOC(=O)C(C)(C)NP(=O)(CO[C@H](C)Cn1cnc2c(NC(=O)OCc3oc(=O)oc3C)ncnc21)NC(C)(C)C(=O)OCCCCCC.Cc1oc(=O)oc1CO. The third-order valence-electron chi connectivity index (χ3n) is 16.0. The number of anilines is 2. The normalized spacial score (nSPS) is 12.8. The number of aromatic nitrogens is 8. The fraction of sp³-hybridized carbons (Fsp3) is 0.696. The minimum Gasteiger partial charge on any atom is -0.464 e. The Hall–Kier alpha value is -7.75. The third kappa shape index (κ3) is 30.5. The Morgan fingerprint density at radius 1 is 0.500 bits per heavy atom. The highest BCUT2D eigenvalue weighted by Gasteiger charge is 2.45. The summed E-state index contributed by atoms with van der Waals surface area (Å²) in [6, 6.07) is 0. The maximum atomic E-state index is 14.6. The number of nitrogens with zero attached hydrogens (tertiary/aromatic N) is 8. The van der Waals surface area contributed by atoms with Crippen molar-refractivity contribution >= 4 is 78.8 Å². The predicted octanol–water partition coefficient (Wildman–Crippen LogP) is 10.9. The number of hydrogen-bond acceptors (Lipinski definition) is 28. The molecule has 0 aromatic carbocycles. The average molecular weight is 1540 g/mol. The Morgan fingerprint density at radius 2 is 0.849 bits per heavy atom. The van der Waals surface area contributed by atoms with Crippen LogP contribution in [0.4, 0.5) is 16.4 Å². The molecule has 35 nitrogen and oxygen atoms in total. The van der Waals surface area contributed by atoms with Crippen molar-refractivity contribution in [2.45, 2.75) is 274 Å².